The molecule has 136 valence electrons. The average molecular weight is 381 g/mol. The predicted molar refractivity (Wildman–Crippen MR) is 107 cm³/mol. The first-order chi connectivity index (χ1) is 11.8. The molecular weight excluding hydrogens is 356 g/mol. The fourth-order valence-corrected chi connectivity index (χ4v) is 3.33. The Bertz CT molecular complexity index is 728. The van der Waals surface area contributed by atoms with E-state index in [2.05, 4.69) is 24.2 Å². The Hall–Kier alpha value is -1.98. The second-order valence-electron chi connectivity index (χ2n) is 5.45. The van der Waals surface area contributed by atoms with Crippen LogP contribution in [0.15, 0.2) is 30.0 Å². The van der Waals surface area contributed by atoms with E-state index in [0.29, 0.717) is 41.8 Å². The van der Waals surface area contributed by atoms with Crippen molar-refractivity contribution in [1.82, 2.24) is 4.98 Å². The largest absolute Gasteiger partial charge is 0.359 e. The average Bonchev–Trinajstić information content (AvgIpc) is 2.62. The maximum atomic E-state index is 11.6. The van der Waals surface area contributed by atoms with Crippen molar-refractivity contribution >= 4 is 33.2 Å². The van der Waals surface area contributed by atoms with E-state index >= 15 is 0 Å². The molecule has 0 aromatic carbocycles. The quantitative estimate of drug-likeness (QED) is 0.617. The standard InChI is InChI=1S/C17H24N4O2S2/c1-6-24(22)10-8-20(4)16-12-14(3)15(13-18)17(19-16)21(5)9-11-25(23)7-2/h6-7,12H,1-2,8-11H2,3-5H3. The third-order valence-electron chi connectivity index (χ3n) is 3.68. The SMILES string of the molecule is C=CS(=O)CCN(C)c1cc(C)c(C#N)c(N(C)CCS(=O)C=C)n1. The molecule has 0 spiro atoms. The molecule has 0 radical (unpaired) electrons. The van der Waals surface area contributed by atoms with Crippen molar-refractivity contribution in [1.29, 1.82) is 5.26 Å². The minimum absolute atomic E-state index is 0.421. The van der Waals surface area contributed by atoms with Crippen molar-refractivity contribution < 1.29 is 8.42 Å². The fraction of sp³-hybridized carbons (Fsp3) is 0.412. The van der Waals surface area contributed by atoms with Gasteiger partial charge in [-0.2, -0.15) is 5.26 Å². The van der Waals surface area contributed by atoms with Crippen LogP contribution in [0.4, 0.5) is 11.6 Å². The summed E-state index contributed by atoms with van der Waals surface area (Å²) < 4.78 is 23.1. The van der Waals surface area contributed by atoms with E-state index in [-0.39, 0.29) is 0 Å². The van der Waals surface area contributed by atoms with Crippen molar-refractivity contribution in [3.63, 3.8) is 0 Å². The summed E-state index contributed by atoms with van der Waals surface area (Å²) in [7, 11) is 1.52. The summed E-state index contributed by atoms with van der Waals surface area (Å²) in [5.74, 6) is 2.13. The van der Waals surface area contributed by atoms with Crippen LogP contribution in [0, 0.1) is 18.3 Å². The van der Waals surface area contributed by atoms with E-state index in [0.717, 1.165) is 5.56 Å². The van der Waals surface area contributed by atoms with Gasteiger partial charge in [0.15, 0.2) is 0 Å². The molecule has 0 saturated carbocycles. The third kappa shape index (κ3) is 6.11. The van der Waals surface area contributed by atoms with E-state index < -0.39 is 21.6 Å². The number of nitrogens with zero attached hydrogens (tertiary/aromatic N) is 4. The Morgan fingerprint density at radius 3 is 2.16 bits per heavy atom. The molecule has 1 aromatic heterocycles. The molecule has 1 aromatic rings. The van der Waals surface area contributed by atoms with Crippen molar-refractivity contribution in [2.24, 2.45) is 0 Å². The first kappa shape index (κ1) is 21.1. The zero-order valence-electron chi connectivity index (χ0n) is 14.9. The van der Waals surface area contributed by atoms with Crippen LogP contribution in [0.2, 0.25) is 0 Å². The molecule has 0 fully saturated rings. The highest BCUT2D eigenvalue weighted by molar-refractivity contribution is 7.88. The highest BCUT2D eigenvalue weighted by Gasteiger charge is 2.16. The predicted octanol–water partition coefficient (Wildman–Crippen LogP) is 1.92. The Kier molecular flexibility index (Phi) is 8.52. The zero-order chi connectivity index (χ0) is 19.0. The number of anilines is 2. The minimum atomic E-state index is -1.10. The maximum Gasteiger partial charge on any atom is 0.149 e. The normalized spacial score (nSPS) is 12.7. The summed E-state index contributed by atoms with van der Waals surface area (Å²) in [4.78, 5) is 8.31. The van der Waals surface area contributed by atoms with Gasteiger partial charge < -0.3 is 9.80 Å². The number of hydrogen-bond acceptors (Lipinski definition) is 6. The molecule has 0 amide bonds. The fourth-order valence-electron chi connectivity index (χ4n) is 2.09. The molecule has 1 rings (SSSR count). The van der Waals surface area contributed by atoms with Gasteiger partial charge in [0.25, 0.3) is 0 Å². The van der Waals surface area contributed by atoms with Gasteiger partial charge in [0.1, 0.15) is 17.7 Å². The third-order valence-corrected chi connectivity index (χ3v) is 5.59. The van der Waals surface area contributed by atoms with Gasteiger partial charge in [0.05, 0.1) is 5.56 Å². The summed E-state index contributed by atoms with van der Waals surface area (Å²) in [6.45, 7) is 9.94. The molecule has 0 aliphatic rings. The molecule has 8 heteroatoms. The summed E-state index contributed by atoms with van der Waals surface area (Å²) in [5, 5.41) is 12.3. The van der Waals surface area contributed by atoms with Crippen molar-refractivity contribution in [3.05, 3.63) is 41.2 Å². The van der Waals surface area contributed by atoms with Crippen LogP contribution >= 0.6 is 0 Å². The number of rotatable bonds is 10. The Morgan fingerprint density at radius 2 is 1.68 bits per heavy atom. The van der Waals surface area contributed by atoms with Gasteiger partial charge in [-0.15, -0.1) is 0 Å². The molecule has 0 aliphatic heterocycles. The van der Waals surface area contributed by atoms with Gasteiger partial charge in [-0.25, -0.2) is 4.98 Å². The van der Waals surface area contributed by atoms with Crippen LogP contribution < -0.4 is 9.80 Å². The van der Waals surface area contributed by atoms with E-state index in [4.69, 9.17) is 0 Å². The smallest absolute Gasteiger partial charge is 0.149 e. The summed E-state index contributed by atoms with van der Waals surface area (Å²) in [6, 6.07) is 4.03. The number of aromatic nitrogens is 1. The topological polar surface area (TPSA) is 77.3 Å². The number of hydrogen-bond donors (Lipinski definition) is 0. The molecule has 6 nitrogen and oxygen atoms in total. The summed E-state index contributed by atoms with van der Waals surface area (Å²) in [5.41, 5.74) is 1.31. The monoisotopic (exact) mass is 380 g/mol. The number of nitriles is 1. The lowest BCUT2D eigenvalue weighted by atomic mass is 10.1. The zero-order valence-corrected chi connectivity index (χ0v) is 16.5. The van der Waals surface area contributed by atoms with Gasteiger partial charge in [-0.05, 0) is 29.4 Å². The Balaban J connectivity index is 3.07. The molecule has 2 atom stereocenters. The molecule has 0 bridgehead atoms. The first-order valence-corrected chi connectivity index (χ1v) is 10.4. The lowest BCUT2D eigenvalue weighted by Crippen LogP contribution is -2.28. The van der Waals surface area contributed by atoms with Crippen LogP contribution in [0.25, 0.3) is 0 Å². The van der Waals surface area contributed by atoms with Gasteiger partial charge in [0.2, 0.25) is 0 Å². The first-order valence-electron chi connectivity index (χ1n) is 7.67. The van der Waals surface area contributed by atoms with Crippen LogP contribution in [0.3, 0.4) is 0 Å². The van der Waals surface area contributed by atoms with E-state index in [1.165, 1.54) is 10.8 Å². The van der Waals surface area contributed by atoms with Crippen molar-refractivity contribution in [3.8, 4) is 6.07 Å². The molecule has 2 unspecified atom stereocenters. The van der Waals surface area contributed by atoms with Crippen LogP contribution in [-0.4, -0.2) is 52.1 Å². The Labute approximate surface area is 154 Å². The van der Waals surface area contributed by atoms with Crippen LogP contribution in [0.1, 0.15) is 11.1 Å². The van der Waals surface area contributed by atoms with Gasteiger partial charge >= 0.3 is 0 Å². The van der Waals surface area contributed by atoms with Crippen LogP contribution in [-0.2, 0) is 21.6 Å². The van der Waals surface area contributed by atoms with E-state index in [1.807, 2.05) is 36.9 Å². The second kappa shape index (κ2) is 10.1. The van der Waals surface area contributed by atoms with Crippen molar-refractivity contribution in [2.75, 3.05) is 48.5 Å². The second-order valence-corrected chi connectivity index (χ2v) is 8.46. The molecule has 0 saturated heterocycles. The van der Waals surface area contributed by atoms with Gasteiger partial charge in [-0.3, -0.25) is 8.42 Å². The molecule has 0 aliphatic carbocycles. The minimum Gasteiger partial charge on any atom is -0.359 e. The summed E-state index contributed by atoms with van der Waals surface area (Å²) >= 11 is 0. The molecular formula is C17H24N4O2S2. The number of aryl methyl sites for hydroxylation is 1. The summed E-state index contributed by atoms with van der Waals surface area (Å²) in [6.07, 6.45) is 0. The van der Waals surface area contributed by atoms with Crippen LogP contribution in [0.5, 0.6) is 0 Å². The maximum absolute atomic E-state index is 11.6. The highest BCUT2D eigenvalue weighted by atomic mass is 32.2. The van der Waals surface area contributed by atoms with Crippen molar-refractivity contribution in [2.45, 2.75) is 6.92 Å². The number of pyridine rings is 1. The van der Waals surface area contributed by atoms with E-state index in [1.54, 1.807) is 0 Å². The Morgan fingerprint density at radius 1 is 1.16 bits per heavy atom. The molecule has 1 heterocycles. The highest BCUT2D eigenvalue weighted by Crippen LogP contribution is 2.24. The lowest BCUT2D eigenvalue weighted by Gasteiger charge is -2.24. The van der Waals surface area contributed by atoms with E-state index in [9.17, 15) is 13.7 Å². The molecule has 25 heavy (non-hydrogen) atoms. The van der Waals surface area contributed by atoms with Gasteiger partial charge in [-0.1, -0.05) is 13.2 Å². The van der Waals surface area contributed by atoms with Gasteiger partial charge in [0, 0.05) is 60.3 Å². The molecule has 0 N–H and O–H groups in total. The lowest BCUT2D eigenvalue weighted by molar-refractivity contribution is 0.686.